The summed E-state index contributed by atoms with van der Waals surface area (Å²) >= 11 is 5.74. The molecule has 1 amide bonds. The number of nitrogen functional groups attached to an aromatic ring is 1. The lowest BCUT2D eigenvalue weighted by atomic mass is 10.2. The number of hydrogen-bond acceptors (Lipinski definition) is 4. The maximum atomic E-state index is 11.9. The minimum atomic E-state index is -0.259. The summed E-state index contributed by atoms with van der Waals surface area (Å²) in [6.45, 7) is 0.504. The second kappa shape index (κ2) is 6.15. The van der Waals surface area contributed by atoms with E-state index in [1.165, 1.54) is 12.3 Å². The Labute approximate surface area is 115 Å². The van der Waals surface area contributed by atoms with E-state index in [0.717, 1.165) is 5.56 Å². The highest BCUT2D eigenvalue weighted by Gasteiger charge is 2.10. The molecule has 2 heterocycles. The molecule has 2 aromatic heterocycles. The Kier molecular flexibility index (Phi) is 4.30. The Hall–Kier alpha value is -2.14. The zero-order valence-corrected chi connectivity index (χ0v) is 10.9. The van der Waals surface area contributed by atoms with E-state index in [2.05, 4.69) is 15.3 Å². The van der Waals surface area contributed by atoms with Crippen LogP contribution in [-0.2, 0) is 6.42 Å². The molecule has 3 N–H and O–H groups in total. The minimum absolute atomic E-state index is 0.242. The Bertz CT molecular complexity index is 574. The molecule has 98 valence electrons. The Balaban J connectivity index is 1.93. The van der Waals surface area contributed by atoms with Gasteiger partial charge in [0, 0.05) is 18.9 Å². The lowest BCUT2D eigenvalue weighted by molar-refractivity contribution is 0.0955. The van der Waals surface area contributed by atoms with Crippen LogP contribution in [0.5, 0.6) is 0 Å². The van der Waals surface area contributed by atoms with E-state index in [1.807, 2.05) is 12.1 Å². The first-order chi connectivity index (χ1) is 9.16. The summed E-state index contributed by atoms with van der Waals surface area (Å²) in [6.07, 6.45) is 5.56. The number of halogens is 1. The fraction of sp³-hybridized carbons (Fsp3) is 0.154. The zero-order valence-electron chi connectivity index (χ0n) is 10.1. The Morgan fingerprint density at radius 1 is 1.42 bits per heavy atom. The van der Waals surface area contributed by atoms with Crippen molar-refractivity contribution in [3.8, 4) is 0 Å². The molecule has 2 aromatic rings. The third kappa shape index (κ3) is 3.66. The van der Waals surface area contributed by atoms with Gasteiger partial charge < -0.3 is 11.1 Å². The van der Waals surface area contributed by atoms with Gasteiger partial charge in [0.2, 0.25) is 0 Å². The third-order valence-corrected chi connectivity index (χ3v) is 2.77. The molecule has 0 bridgehead atoms. The van der Waals surface area contributed by atoms with E-state index < -0.39 is 0 Å². The minimum Gasteiger partial charge on any atom is -0.397 e. The van der Waals surface area contributed by atoms with E-state index in [4.69, 9.17) is 17.3 Å². The van der Waals surface area contributed by atoms with Crippen LogP contribution in [-0.4, -0.2) is 22.4 Å². The molecule has 19 heavy (non-hydrogen) atoms. The number of hydrogen-bond donors (Lipinski definition) is 2. The van der Waals surface area contributed by atoms with Crippen LogP contribution in [0.1, 0.15) is 15.9 Å². The first-order valence-corrected chi connectivity index (χ1v) is 6.13. The van der Waals surface area contributed by atoms with E-state index in [9.17, 15) is 4.79 Å². The molecule has 0 unspecified atom stereocenters. The average molecular weight is 277 g/mol. The first-order valence-electron chi connectivity index (χ1n) is 5.75. The zero-order chi connectivity index (χ0) is 13.7. The molecule has 6 heteroatoms. The van der Waals surface area contributed by atoms with Crippen LogP contribution >= 0.6 is 11.6 Å². The van der Waals surface area contributed by atoms with Crippen LogP contribution < -0.4 is 11.1 Å². The molecule has 0 radical (unpaired) electrons. The molecule has 5 nitrogen and oxygen atoms in total. The second-order valence-electron chi connectivity index (χ2n) is 3.96. The van der Waals surface area contributed by atoms with Crippen LogP contribution in [0.15, 0.2) is 36.8 Å². The summed E-state index contributed by atoms with van der Waals surface area (Å²) in [5.74, 6) is -0.259. The van der Waals surface area contributed by atoms with E-state index in [1.54, 1.807) is 12.4 Å². The van der Waals surface area contributed by atoms with Crippen LogP contribution in [0, 0.1) is 0 Å². The molecular formula is C13H13ClN4O. The Morgan fingerprint density at radius 2 is 2.26 bits per heavy atom. The monoisotopic (exact) mass is 276 g/mol. The van der Waals surface area contributed by atoms with Crippen molar-refractivity contribution in [3.05, 3.63) is 53.1 Å². The molecule has 0 aliphatic carbocycles. The topological polar surface area (TPSA) is 80.9 Å². The maximum Gasteiger partial charge on any atom is 0.253 e. The van der Waals surface area contributed by atoms with Crippen LogP contribution in [0.4, 0.5) is 5.69 Å². The van der Waals surface area contributed by atoms with Gasteiger partial charge in [-0.05, 0) is 24.1 Å². The Morgan fingerprint density at radius 3 is 3.00 bits per heavy atom. The highest BCUT2D eigenvalue weighted by molar-refractivity contribution is 6.29. The van der Waals surface area contributed by atoms with Gasteiger partial charge in [0.1, 0.15) is 5.15 Å². The van der Waals surface area contributed by atoms with E-state index >= 15 is 0 Å². The molecule has 0 aliphatic rings. The molecule has 0 fully saturated rings. The normalized spacial score (nSPS) is 10.2. The maximum absolute atomic E-state index is 11.9. The average Bonchev–Trinajstić information content (AvgIpc) is 2.42. The fourth-order valence-electron chi connectivity index (χ4n) is 1.60. The van der Waals surface area contributed by atoms with Crippen LogP contribution in [0.25, 0.3) is 0 Å². The second-order valence-corrected chi connectivity index (χ2v) is 4.35. The van der Waals surface area contributed by atoms with Crippen molar-refractivity contribution in [1.29, 1.82) is 0 Å². The molecule has 0 saturated heterocycles. The summed E-state index contributed by atoms with van der Waals surface area (Å²) in [5, 5.41) is 3.02. The summed E-state index contributed by atoms with van der Waals surface area (Å²) in [4.78, 5) is 19.7. The standard InChI is InChI=1S/C13H13ClN4O/c14-12-6-10(11(15)8-18-12)13(19)17-5-3-9-2-1-4-16-7-9/h1-2,4,6-8H,3,5,15H2,(H,17,19). The molecule has 0 atom stereocenters. The summed E-state index contributed by atoms with van der Waals surface area (Å²) in [7, 11) is 0. The highest BCUT2D eigenvalue weighted by atomic mass is 35.5. The number of carbonyl (C=O) groups excluding carboxylic acids is 1. The number of anilines is 1. The molecular weight excluding hydrogens is 264 g/mol. The van der Waals surface area contributed by atoms with Crippen molar-refractivity contribution in [2.24, 2.45) is 0 Å². The predicted molar refractivity (Wildman–Crippen MR) is 73.9 cm³/mol. The van der Waals surface area contributed by atoms with Gasteiger partial charge in [-0.2, -0.15) is 0 Å². The third-order valence-electron chi connectivity index (χ3n) is 2.57. The molecule has 2 rings (SSSR count). The number of rotatable bonds is 4. The molecule has 0 spiro atoms. The smallest absolute Gasteiger partial charge is 0.253 e. The van der Waals surface area contributed by atoms with Gasteiger partial charge >= 0.3 is 0 Å². The quantitative estimate of drug-likeness (QED) is 0.833. The van der Waals surface area contributed by atoms with Crippen molar-refractivity contribution in [2.75, 3.05) is 12.3 Å². The van der Waals surface area contributed by atoms with Gasteiger partial charge in [-0.1, -0.05) is 17.7 Å². The van der Waals surface area contributed by atoms with Gasteiger partial charge in [-0.3, -0.25) is 9.78 Å². The number of nitrogens with zero attached hydrogens (tertiary/aromatic N) is 2. The molecule has 0 aliphatic heterocycles. The van der Waals surface area contributed by atoms with Gasteiger partial charge in [0.25, 0.3) is 5.91 Å². The lowest BCUT2D eigenvalue weighted by Gasteiger charge is -2.07. The largest absolute Gasteiger partial charge is 0.397 e. The first kappa shape index (κ1) is 13.3. The fourth-order valence-corrected chi connectivity index (χ4v) is 1.76. The van der Waals surface area contributed by atoms with Crippen molar-refractivity contribution < 1.29 is 4.79 Å². The van der Waals surface area contributed by atoms with Gasteiger partial charge in [0.15, 0.2) is 0 Å². The number of nitrogens with one attached hydrogen (secondary N) is 1. The van der Waals surface area contributed by atoms with Gasteiger partial charge in [0.05, 0.1) is 17.4 Å². The van der Waals surface area contributed by atoms with Gasteiger partial charge in [-0.25, -0.2) is 4.98 Å². The summed E-state index contributed by atoms with van der Waals surface area (Å²) in [5.41, 5.74) is 7.39. The molecule has 0 aromatic carbocycles. The van der Waals surface area contributed by atoms with Crippen molar-refractivity contribution in [3.63, 3.8) is 0 Å². The lowest BCUT2D eigenvalue weighted by Crippen LogP contribution is -2.26. The number of nitrogens with two attached hydrogens (primary N) is 1. The number of carbonyl (C=O) groups is 1. The van der Waals surface area contributed by atoms with Gasteiger partial charge in [-0.15, -0.1) is 0 Å². The highest BCUT2D eigenvalue weighted by Crippen LogP contribution is 2.14. The van der Waals surface area contributed by atoms with Crippen LogP contribution in [0.2, 0.25) is 5.15 Å². The van der Waals surface area contributed by atoms with Crippen molar-refractivity contribution in [2.45, 2.75) is 6.42 Å². The number of aromatic nitrogens is 2. The van der Waals surface area contributed by atoms with Crippen molar-refractivity contribution >= 4 is 23.2 Å². The summed E-state index contributed by atoms with van der Waals surface area (Å²) in [6, 6.07) is 5.27. The van der Waals surface area contributed by atoms with Crippen LogP contribution in [0.3, 0.4) is 0 Å². The summed E-state index contributed by atoms with van der Waals surface area (Å²) < 4.78 is 0. The molecule has 0 saturated carbocycles. The number of pyridine rings is 2. The van der Waals surface area contributed by atoms with Crippen molar-refractivity contribution in [1.82, 2.24) is 15.3 Å². The van der Waals surface area contributed by atoms with E-state index in [-0.39, 0.29) is 11.1 Å². The van der Waals surface area contributed by atoms with E-state index in [0.29, 0.717) is 24.2 Å². The number of amides is 1. The predicted octanol–water partition coefficient (Wildman–Crippen LogP) is 1.68. The SMILES string of the molecule is Nc1cnc(Cl)cc1C(=O)NCCc1cccnc1.